The third-order valence-electron chi connectivity index (χ3n) is 8.46. The van der Waals surface area contributed by atoms with Crippen molar-refractivity contribution in [1.82, 2.24) is 4.90 Å². The summed E-state index contributed by atoms with van der Waals surface area (Å²) in [5, 5.41) is 0.816. The Labute approximate surface area is 271 Å². The average molecular weight is 636 g/mol. The second-order valence-corrected chi connectivity index (χ2v) is 11.9. The number of aryl methyl sites for hydroxylation is 2. The molecule has 4 aromatic carbocycles. The zero-order chi connectivity index (χ0) is 29.9. The van der Waals surface area contributed by atoms with Gasteiger partial charge >= 0.3 is 0 Å². The van der Waals surface area contributed by atoms with Crippen LogP contribution in [0.1, 0.15) is 40.7 Å². The molecule has 2 unspecified atom stereocenters. The molecular weight excluding hydrogens is 595 g/mol. The van der Waals surface area contributed by atoms with E-state index in [2.05, 4.69) is 66.4 Å². The summed E-state index contributed by atoms with van der Waals surface area (Å²) in [4.78, 5) is 4.69. The first-order chi connectivity index (χ1) is 20.9. The van der Waals surface area contributed by atoms with Crippen molar-refractivity contribution in [2.75, 3.05) is 52.9 Å². The Bertz CT molecular complexity index is 1590. The molecule has 0 amide bonds. The molecule has 2 atom stereocenters. The molecule has 3 aliphatic rings. The summed E-state index contributed by atoms with van der Waals surface area (Å²) in [6.45, 7) is 2.72. The van der Waals surface area contributed by atoms with Crippen molar-refractivity contribution in [3.63, 3.8) is 0 Å². The van der Waals surface area contributed by atoms with Gasteiger partial charge in [-0.1, -0.05) is 41.9 Å². The molecular formula is C36H40Cl2N2O4. The molecule has 0 radical (unpaired) electrons. The van der Waals surface area contributed by atoms with Crippen LogP contribution in [0.25, 0.3) is 0 Å². The number of anilines is 2. The van der Waals surface area contributed by atoms with Crippen LogP contribution in [0.3, 0.4) is 0 Å². The highest BCUT2D eigenvalue weighted by Gasteiger charge is 2.41. The highest BCUT2D eigenvalue weighted by Crippen LogP contribution is 2.52. The second-order valence-electron chi connectivity index (χ2n) is 11.5. The van der Waals surface area contributed by atoms with Gasteiger partial charge in [-0.2, -0.15) is 0 Å². The fraction of sp³-hybridized carbons (Fsp3) is 0.333. The molecule has 0 saturated heterocycles. The summed E-state index contributed by atoms with van der Waals surface area (Å²) in [5.74, 6) is 3.56. The van der Waals surface area contributed by atoms with Gasteiger partial charge in [-0.15, -0.1) is 12.4 Å². The van der Waals surface area contributed by atoms with E-state index in [1.54, 1.807) is 14.2 Å². The Morgan fingerprint density at radius 3 is 2.23 bits per heavy atom. The molecule has 8 heteroatoms. The quantitative estimate of drug-likeness (QED) is 0.213. The van der Waals surface area contributed by atoms with Crippen molar-refractivity contribution in [2.45, 2.75) is 31.3 Å². The van der Waals surface area contributed by atoms with Gasteiger partial charge in [0.25, 0.3) is 0 Å². The molecule has 0 saturated carbocycles. The standard InChI is InChI=1S/C19H23ClN2.C17H16O4.ClH/c1-21(2)12-5-13-22-18-7-4-3-6-15(18)8-9-16-10-11-17(20)14-19(16)22;1-18-10-4-6-13-15(7-10)20-9-14-12-5-3-11(19-2)8-16(12)21-17(13)14;/h3-4,6-7,10-11,14H,5,8-9,12-13H2,1-2H3;3-8,14,17H,9H2,1-2H3;1H. The summed E-state index contributed by atoms with van der Waals surface area (Å²) in [7, 11) is 7.57. The van der Waals surface area contributed by atoms with Crippen LogP contribution in [-0.2, 0) is 12.8 Å². The fourth-order valence-electron chi connectivity index (χ4n) is 6.24. The molecule has 3 heterocycles. The molecule has 0 spiro atoms. The number of fused-ring (bicyclic) bond motifs is 7. The Hall–Kier alpha value is -3.58. The Balaban J connectivity index is 0.000000171. The largest absolute Gasteiger partial charge is 0.497 e. The summed E-state index contributed by atoms with van der Waals surface area (Å²) in [6.07, 6.45) is 3.30. The summed E-state index contributed by atoms with van der Waals surface area (Å²) < 4.78 is 22.6. The van der Waals surface area contributed by atoms with Crippen molar-refractivity contribution in [1.29, 1.82) is 0 Å². The van der Waals surface area contributed by atoms with Crippen LogP contribution in [0.2, 0.25) is 5.02 Å². The number of nitrogens with zero attached hydrogens (tertiary/aromatic N) is 2. The van der Waals surface area contributed by atoms with Crippen molar-refractivity contribution >= 4 is 35.4 Å². The van der Waals surface area contributed by atoms with Gasteiger partial charge in [-0.25, -0.2) is 0 Å². The lowest BCUT2D eigenvalue weighted by molar-refractivity contribution is 0.139. The van der Waals surface area contributed by atoms with E-state index in [0.717, 1.165) is 65.9 Å². The van der Waals surface area contributed by atoms with Crippen molar-refractivity contribution in [2.24, 2.45) is 0 Å². The van der Waals surface area contributed by atoms with Crippen molar-refractivity contribution < 1.29 is 18.9 Å². The van der Waals surface area contributed by atoms with Crippen LogP contribution in [0.5, 0.6) is 23.0 Å². The van der Waals surface area contributed by atoms with Gasteiger partial charge < -0.3 is 28.7 Å². The molecule has 0 fully saturated rings. The van der Waals surface area contributed by atoms with Gasteiger partial charge in [0.05, 0.1) is 26.7 Å². The van der Waals surface area contributed by atoms with Crippen molar-refractivity contribution in [3.05, 3.63) is 106 Å². The number of hydrogen-bond donors (Lipinski definition) is 0. The molecule has 232 valence electrons. The van der Waals surface area contributed by atoms with E-state index in [9.17, 15) is 0 Å². The number of rotatable bonds is 6. The van der Waals surface area contributed by atoms with Gasteiger partial charge in [-0.3, -0.25) is 0 Å². The molecule has 44 heavy (non-hydrogen) atoms. The third kappa shape index (κ3) is 6.58. The van der Waals surface area contributed by atoms with E-state index in [-0.39, 0.29) is 24.4 Å². The fourth-order valence-corrected chi connectivity index (χ4v) is 6.41. The van der Waals surface area contributed by atoms with Gasteiger partial charge in [0.15, 0.2) is 0 Å². The first-order valence-electron chi connectivity index (χ1n) is 14.9. The van der Waals surface area contributed by atoms with E-state index in [0.29, 0.717) is 6.61 Å². The van der Waals surface area contributed by atoms with Gasteiger partial charge in [0, 0.05) is 46.2 Å². The predicted molar refractivity (Wildman–Crippen MR) is 180 cm³/mol. The average Bonchev–Trinajstić information content (AvgIpc) is 3.33. The van der Waals surface area contributed by atoms with Crippen LogP contribution < -0.4 is 23.8 Å². The van der Waals surface area contributed by atoms with E-state index in [1.165, 1.54) is 28.1 Å². The van der Waals surface area contributed by atoms with Crippen LogP contribution in [0.4, 0.5) is 11.4 Å². The first kappa shape index (κ1) is 31.8. The Kier molecular flexibility index (Phi) is 10.1. The molecule has 3 aliphatic heterocycles. The smallest absolute Gasteiger partial charge is 0.138 e. The number of ether oxygens (including phenoxy) is 4. The first-order valence-corrected chi connectivity index (χ1v) is 15.3. The number of halogens is 2. The maximum absolute atomic E-state index is 6.27. The van der Waals surface area contributed by atoms with E-state index in [1.807, 2.05) is 36.4 Å². The second kappa shape index (κ2) is 14.0. The number of para-hydroxylation sites is 1. The third-order valence-corrected chi connectivity index (χ3v) is 8.69. The normalized spacial score (nSPS) is 17.1. The summed E-state index contributed by atoms with van der Waals surface area (Å²) >= 11 is 6.27. The van der Waals surface area contributed by atoms with E-state index >= 15 is 0 Å². The van der Waals surface area contributed by atoms with Gasteiger partial charge in [0.1, 0.15) is 29.1 Å². The molecule has 0 aromatic heterocycles. The predicted octanol–water partition coefficient (Wildman–Crippen LogP) is 8.26. The number of hydrogen-bond acceptors (Lipinski definition) is 6. The zero-order valence-electron chi connectivity index (χ0n) is 25.7. The van der Waals surface area contributed by atoms with Crippen LogP contribution in [0, 0.1) is 0 Å². The highest BCUT2D eigenvalue weighted by atomic mass is 35.5. The molecule has 7 rings (SSSR count). The van der Waals surface area contributed by atoms with E-state index < -0.39 is 0 Å². The molecule has 4 aromatic rings. The Morgan fingerprint density at radius 2 is 1.50 bits per heavy atom. The highest BCUT2D eigenvalue weighted by molar-refractivity contribution is 6.30. The molecule has 0 aliphatic carbocycles. The molecule has 6 nitrogen and oxygen atoms in total. The minimum atomic E-state index is 0. The van der Waals surface area contributed by atoms with E-state index in [4.69, 9.17) is 30.5 Å². The van der Waals surface area contributed by atoms with Crippen LogP contribution >= 0.6 is 24.0 Å². The number of benzene rings is 4. The Morgan fingerprint density at radius 1 is 0.818 bits per heavy atom. The van der Waals surface area contributed by atoms with Crippen LogP contribution in [-0.4, -0.2) is 52.9 Å². The maximum Gasteiger partial charge on any atom is 0.138 e. The minimum absolute atomic E-state index is 0. The monoisotopic (exact) mass is 634 g/mol. The molecule has 0 N–H and O–H groups in total. The maximum atomic E-state index is 6.27. The lowest BCUT2D eigenvalue weighted by Crippen LogP contribution is -2.24. The van der Waals surface area contributed by atoms with Crippen LogP contribution in [0.15, 0.2) is 78.9 Å². The zero-order valence-corrected chi connectivity index (χ0v) is 27.3. The number of methoxy groups -OCH3 is 2. The summed E-state index contributed by atoms with van der Waals surface area (Å²) in [5.41, 5.74) is 7.69. The lowest BCUT2D eigenvalue weighted by Gasteiger charge is -2.28. The van der Waals surface area contributed by atoms with Gasteiger partial charge in [-0.05, 0) is 87.4 Å². The molecule has 0 bridgehead atoms. The summed E-state index contributed by atoms with van der Waals surface area (Å²) in [6, 6.07) is 26.9. The topological polar surface area (TPSA) is 43.4 Å². The van der Waals surface area contributed by atoms with Crippen molar-refractivity contribution in [3.8, 4) is 23.0 Å². The minimum Gasteiger partial charge on any atom is -0.497 e. The SMILES string of the molecule is CN(C)CCCN1c2ccccc2CCc2ccc(Cl)cc21.COc1ccc2c(c1)OC1c3ccc(OC)cc3OCC21.Cl. The van der Waals surface area contributed by atoms with Gasteiger partial charge in [0.2, 0.25) is 0 Å². The lowest BCUT2D eigenvalue weighted by atomic mass is 9.89.